The average molecular weight is 337 g/mol. The minimum Gasteiger partial charge on any atom is -0.473 e. The SMILES string of the molecule is Cc1ccc(OCNC(=O)Nc2ccc(C#N)cc2)c(C(C)(C)C)c1. The van der Waals surface area contributed by atoms with Crippen LogP contribution < -0.4 is 15.4 Å². The molecule has 0 atom stereocenters. The number of urea groups is 1. The number of nitrogens with zero attached hydrogens (tertiary/aromatic N) is 1. The number of benzene rings is 2. The van der Waals surface area contributed by atoms with E-state index >= 15 is 0 Å². The number of aryl methyl sites for hydroxylation is 1. The Kier molecular flexibility index (Phi) is 5.66. The molecule has 0 unspecified atom stereocenters. The maximum atomic E-state index is 11.9. The van der Waals surface area contributed by atoms with E-state index in [2.05, 4.69) is 37.5 Å². The minimum atomic E-state index is -0.367. The second-order valence-electron chi connectivity index (χ2n) is 6.86. The standard InChI is InChI=1S/C20H23N3O2/c1-14-5-10-18(17(11-14)20(2,3)4)25-13-22-19(24)23-16-8-6-15(12-21)7-9-16/h5-11H,13H2,1-4H3,(H2,22,23,24). The molecule has 0 aliphatic rings. The topological polar surface area (TPSA) is 74.2 Å². The van der Waals surface area contributed by atoms with Gasteiger partial charge in [-0.2, -0.15) is 5.26 Å². The third-order valence-corrected chi connectivity index (χ3v) is 3.68. The van der Waals surface area contributed by atoms with Crippen LogP contribution in [0, 0.1) is 18.3 Å². The van der Waals surface area contributed by atoms with Gasteiger partial charge in [0.25, 0.3) is 0 Å². The number of rotatable bonds is 4. The molecule has 5 nitrogen and oxygen atoms in total. The van der Waals surface area contributed by atoms with Crippen molar-refractivity contribution in [1.82, 2.24) is 5.32 Å². The molecule has 0 heterocycles. The Hall–Kier alpha value is -3.00. The first-order valence-corrected chi connectivity index (χ1v) is 8.08. The van der Waals surface area contributed by atoms with Gasteiger partial charge in [-0.3, -0.25) is 0 Å². The van der Waals surface area contributed by atoms with Crippen LogP contribution in [0.2, 0.25) is 0 Å². The highest BCUT2D eigenvalue weighted by molar-refractivity contribution is 5.89. The van der Waals surface area contributed by atoms with Crippen LogP contribution in [0.15, 0.2) is 42.5 Å². The molecule has 2 aromatic carbocycles. The van der Waals surface area contributed by atoms with Crippen LogP contribution in [-0.2, 0) is 5.41 Å². The summed E-state index contributed by atoms with van der Waals surface area (Å²) >= 11 is 0. The van der Waals surface area contributed by atoms with Gasteiger partial charge in [-0.15, -0.1) is 0 Å². The highest BCUT2D eigenvalue weighted by Gasteiger charge is 2.19. The van der Waals surface area contributed by atoms with E-state index in [-0.39, 0.29) is 18.2 Å². The molecule has 2 aromatic rings. The van der Waals surface area contributed by atoms with E-state index in [0.29, 0.717) is 11.3 Å². The number of hydrogen-bond donors (Lipinski definition) is 2. The van der Waals surface area contributed by atoms with Gasteiger partial charge in [0.2, 0.25) is 0 Å². The number of anilines is 1. The minimum absolute atomic E-state index is 0.0495. The normalized spacial score (nSPS) is 10.7. The Balaban J connectivity index is 1.92. The highest BCUT2D eigenvalue weighted by Crippen LogP contribution is 2.31. The third-order valence-electron chi connectivity index (χ3n) is 3.68. The Morgan fingerprint density at radius 3 is 2.44 bits per heavy atom. The molecule has 0 spiro atoms. The van der Waals surface area contributed by atoms with Crippen molar-refractivity contribution in [2.45, 2.75) is 33.1 Å². The second kappa shape index (κ2) is 7.71. The van der Waals surface area contributed by atoms with Gasteiger partial charge in [-0.05, 0) is 48.2 Å². The molecule has 2 rings (SSSR count). The number of amides is 2. The number of nitrogens with one attached hydrogen (secondary N) is 2. The van der Waals surface area contributed by atoms with Crippen LogP contribution in [0.4, 0.5) is 10.5 Å². The van der Waals surface area contributed by atoms with Crippen molar-refractivity contribution in [2.24, 2.45) is 0 Å². The predicted molar refractivity (Wildman–Crippen MR) is 98.7 cm³/mol. The lowest BCUT2D eigenvalue weighted by atomic mass is 9.85. The molecule has 0 radical (unpaired) electrons. The summed E-state index contributed by atoms with van der Waals surface area (Å²) in [6.07, 6.45) is 0. The highest BCUT2D eigenvalue weighted by atomic mass is 16.5. The fourth-order valence-corrected chi connectivity index (χ4v) is 2.34. The van der Waals surface area contributed by atoms with Crippen molar-refractivity contribution in [3.05, 3.63) is 59.2 Å². The fraction of sp³-hybridized carbons (Fsp3) is 0.300. The number of carbonyl (C=O) groups excluding carboxylic acids is 1. The van der Waals surface area contributed by atoms with E-state index in [1.54, 1.807) is 24.3 Å². The predicted octanol–water partition coefficient (Wildman–Crippen LogP) is 4.32. The van der Waals surface area contributed by atoms with Gasteiger partial charge in [-0.25, -0.2) is 4.79 Å². The molecule has 0 saturated carbocycles. The molecule has 0 aliphatic carbocycles. The maximum Gasteiger partial charge on any atom is 0.321 e. The molecule has 2 amide bonds. The lowest BCUT2D eigenvalue weighted by Crippen LogP contribution is -2.32. The van der Waals surface area contributed by atoms with E-state index in [1.165, 1.54) is 5.56 Å². The number of ether oxygens (including phenoxy) is 1. The average Bonchev–Trinajstić information content (AvgIpc) is 2.56. The van der Waals surface area contributed by atoms with Crippen molar-refractivity contribution in [3.8, 4) is 11.8 Å². The van der Waals surface area contributed by atoms with E-state index in [1.807, 2.05) is 25.1 Å². The van der Waals surface area contributed by atoms with Gasteiger partial charge in [-0.1, -0.05) is 38.5 Å². The molecule has 0 bridgehead atoms. The Morgan fingerprint density at radius 2 is 1.84 bits per heavy atom. The zero-order valence-corrected chi connectivity index (χ0v) is 15.0. The third kappa shape index (κ3) is 5.25. The van der Waals surface area contributed by atoms with Crippen LogP contribution >= 0.6 is 0 Å². The molecule has 130 valence electrons. The summed E-state index contributed by atoms with van der Waals surface area (Å²) in [5.74, 6) is 0.761. The van der Waals surface area contributed by atoms with E-state index in [4.69, 9.17) is 10.00 Å². The maximum absolute atomic E-state index is 11.9. The van der Waals surface area contributed by atoms with Crippen LogP contribution in [0.25, 0.3) is 0 Å². The monoisotopic (exact) mass is 337 g/mol. The smallest absolute Gasteiger partial charge is 0.321 e. The lowest BCUT2D eigenvalue weighted by Gasteiger charge is -2.23. The first-order valence-electron chi connectivity index (χ1n) is 8.08. The fourth-order valence-electron chi connectivity index (χ4n) is 2.34. The van der Waals surface area contributed by atoms with Crippen molar-refractivity contribution in [3.63, 3.8) is 0 Å². The first kappa shape index (κ1) is 18.3. The summed E-state index contributed by atoms with van der Waals surface area (Å²) in [5, 5.41) is 14.1. The Bertz CT molecular complexity index is 784. The van der Waals surface area contributed by atoms with Crippen LogP contribution in [0.1, 0.15) is 37.5 Å². The summed E-state index contributed by atoms with van der Waals surface area (Å²) in [4.78, 5) is 11.9. The largest absolute Gasteiger partial charge is 0.473 e. The lowest BCUT2D eigenvalue weighted by molar-refractivity contribution is 0.233. The molecule has 0 fully saturated rings. The molecular formula is C20H23N3O2. The van der Waals surface area contributed by atoms with Gasteiger partial charge >= 0.3 is 6.03 Å². The van der Waals surface area contributed by atoms with Crippen molar-refractivity contribution < 1.29 is 9.53 Å². The van der Waals surface area contributed by atoms with Gasteiger partial charge in [0.1, 0.15) is 5.75 Å². The summed E-state index contributed by atoms with van der Waals surface area (Å²) in [5.41, 5.74) is 3.38. The molecule has 25 heavy (non-hydrogen) atoms. The number of carbonyl (C=O) groups is 1. The van der Waals surface area contributed by atoms with Crippen LogP contribution in [0.3, 0.4) is 0 Å². The Labute approximate surface area is 148 Å². The summed E-state index contributed by atoms with van der Waals surface area (Å²) in [7, 11) is 0. The molecule has 0 aromatic heterocycles. The quantitative estimate of drug-likeness (QED) is 0.816. The van der Waals surface area contributed by atoms with Crippen LogP contribution in [-0.4, -0.2) is 12.8 Å². The van der Waals surface area contributed by atoms with Gasteiger partial charge in [0, 0.05) is 5.69 Å². The van der Waals surface area contributed by atoms with Gasteiger partial charge < -0.3 is 15.4 Å². The molecule has 0 saturated heterocycles. The molecule has 2 N–H and O–H groups in total. The molecular weight excluding hydrogens is 314 g/mol. The Morgan fingerprint density at radius 1 is 1.16 bits per heavy atom. The summed E-state index contributed by atoms with van der Waals surface area (Å²) in [6, 6.07) is 14.3. The second-order valence-corrected chi connectivity index (χ2v) is 6.86. The van der Waals surface area contributed by atoms with E-state index in [0.717, 1.165) is 11.3 Å². The number of hydrogen-bond acceptors (Lipinski definition) is 3. The van der Waals surface area contributed by atoms with Crippen molar-refractivity contribution >= 4 is 11.7 Å². The summed E-state index contributed by atoms with van der Waals surface area (Å²) in [6.45, 7) is 8.48. The van der Waals surface area contributed by atoms with Crippen molar-refractivity contribution in [1.29, 1.82) is 5.26 Å². The molecule has 0 aliphatic heterocycles. The zero-order chi connectivity index (χ0) is 18.4. The van der Waals surface area contributed by atoms with Gasteiger partial charge in [0.05, 0.1) is 11.6 Å². The van der Waals surface area contributed by atoms with E-state index < -0.39 is 0 Å². The summed E-state index contributed by atoms with van der Waals surface area (Å²) < 4.78 is 5.75. The first-order chi connectivity index (χ1) is 11.8. The van der Waals surface area contributed by atoms with Crippen molar-refractivity contribution in [2.75, 3.05) is 12.0 Å². The van der Waals surface area contributed by atoms with Crippen LogP contribution in [0.5, 0.6) is 5.75 Å². The number of nitriles is 1. The zero-order valence-electron chi connectivity index (χ0n) is 15.0. The van der Waals surface area contributed by atoms with E-state index in [9.17, 15) is 4.79 Å². The molecule has 5 heteroatoms. The van der Waals surface area contributed by atoms with Gasteiger partial charge in [0.15, 0.2) is 6.73 Å².